The fourth-order valence-electron chi connectivity index (χ4n) is 0.809. The van der Waals surface area contributed by atoms with Crippen LogP contribution in [0.1, 0.15) is 47.5 Å². The number of hydrogen-bond donors (Lipinski definition) is 0. The minimum Gasteiger partial charge on any atom is -0.271 e. The van der Waals surface area contributed by atoms with Gasteiger partial charge in [0.05, 0.1) is 0 Å². The second-order valence-electron chi connectivity index (χ2n) is 3.51. The van der Waals surface area contributed by atoms with Crippen LogP contribution in [0.2, 0.25) is 0 Å². The van der Waals surface area contributed by atoms with Gasteiger partial charge in [-0.2, -0.15) is 5.10 Å². The van der Waals surface area contributed by atoms with Gasteiger partial charge in [0, 0.05) is 18.5 Å². The van der Waals surface area contributed by atoms with E-state index in [0.29, 0.717) is 6.04 Å². The lowest BCUT2D eigenvalue weighted by Crippen LogP contribution is -2.19. The van der Waals surface area contributed by atoms with E-state index < -0.39 is 0 Å². The van der Waals surface area contributed by atoms with E-state index in [4.69, 9.17) is 0 Å². The van der Waals surface area contributed by atoms with Crippen molar-refractivity contribution in [2.45, 2.75) is 53.5 Å². The minimum atomic E-state index is 0.435. The Hall–Kier alpha value is -0.790. The highest BCUT2D eigenvalue weighted by atomic mass is 15.4. The molecular weight excluding hydrogens is 160 g/mol. The third kappa shape index (κ3) is 5.45. The van der Waals surface area contributed by atoms with Gasteiger partial charge in [-0.25, -0.2) is 0 Å². The maximum atomic E-state index is 4.36. The largest absolute Gasteiger partial charge is 0.271 e. The fourth-order valence-corrected chi connectivity index (χ4v) is 0.809. The molecule has 0 aliphatic carbocycles. The van der Waals surface area contributed by atoms with Gasteiger partial charge in [-0.05, 0) is 33.6 Å². The maximum absolute atomic E-state index is 4.36. The van der Waals surface area contributed by atoms with Crippen molar-refractivity contribution in [1.29, 1.82) is 0 Å². The Bertz CT molecular complexity index is 181. The van der Waals surface area contributed by atoms with Crippen LogP contribution in [0.25, 0.3) is 0 Å². The van der Waals surface area contributed by atoms with E-state index in [1.807, 2.05) is 11.2 Å². The smallest absolute Gasteiger partial charge is 0.0462 e. The van der Waals surface area contributed by atoms with E-state index >= 15 is 0 Å². The van der Waals surface area contributed by atoms with Crippen molar-refractivity contribution in [1.82, 2.24) is 5.01 Å². The lowest BCUT2D eigenvalue weighted by Gasteiger charge is -2.19. The van der Waals surface area contributed by atoms with Crippen molar-refractivity contribution in [3.8, 4) is 0 Å². The highest BCUT2D eigenvalue weighted by Gasteiger charge is 2.01. The molecule has 0 radical (unpaired) electrons. The van der Waals surface area contributed by atoms with Crippen molar-refractivity contribution in [2.75, 3.05) is 0 Å². The molecule has 13 heavy (non-hydrogen) atoms. The highest BCUT2D eigenvalue weighted by Crippen LogP contribution is 2.06. The zero-order valence-corrected chi connectivity index (χ0v) is 9.54. The van der Waals surface area contributed by atoms with Crippen LogP contribution < -0.4 is 0 Å². The third-order valence-corrected chi connectivity index (χ3v) is 1.84. The molecule has 0 atom stereocenters. The molecule has 0 spiro atoms. The summed E-state index contributed by atoms with van der Waals surface area (Å²) in [5, 5.41) is 6.38. The molecule has 2 nitrogen and oxygen atoms in total. The summed E-state index contributed by atoms with van der Waals surface area (Å²) in [6, 6.07) is 0.435. The van der Waals surface area contributed by atoms with Crippen LogP contribution in [0.3, 0.4) is 0 Å². The molecule has 0 saturated heterocycles. The van der Waals surface area contributed by atoms with Crippen molar-refractivity contribution in [2.24, 2.45) is 5.10 Å². The van der Waals surface area contributed by atoms with Gasteiger partial charge in [-0.1, -0.05) is 19.4 Å². The van der Waals surface area contributed by atoms with Crippen LogP contribution in [0.5, 0.6) is 0 Å². The molecule has 0 saturated carbocycles. The molecule has 0 amide bonds. The molecule has 0 aliphatic heterocycles. The van der Waals surface area contributed by atoms with E-state index in [1.165, 1.54) is 5.57 Å². The molecule has 0 aromatic heterocycles. The van der Waals surface area contributed by atoms with Crippen LogP contribution in [-0.2, 0) is 0 Å². The molecule has 2 heteroatoms. The second kappa shape index (κ2) is 6.70. The number of hydrogen-bond acceptors (Lipinski definition) is 2. The molecule has 0 rings (SSSR count). The van der Waals surface area contributed by atoms with Gasteiger partial charge in [-0.15, -0.1) is 0 Å². The number of allylic oxidation sites excluding steroid dienone is 1. The molecule has 0 N–H and O–H groups in total. The Kier molecular flexibility index (Phi) is 6.29. The van der Waals surface area contributed by atoms with E-state index in [2.05, 4.69) is 45.9 Å². The highest BCUT2D eigenvalue weighted by molar-refractivity contribution is 5.56. The van der Waals surface area contributed by atoms with Gasteiger partial charge >= 0.3 is 0 Å². The summed E-state index contributed by atoms with van der Waals surface area (Å²) in [5.74, 6) is 0. The van der Waals surface area contributed by atoms with Crippen LogP contribution in [0.15, 0.2) is 16.9 Å². The monoisotopic (exact) mass is 182 g/mol. The summed E-state index contributed by atoms with van der Waals surface area (Å²) in [4.78, 5) is 0. The van der Waals surface area contributed by atoms with Crippen molar-refractivity contribution < 1.29 is 0 Å². The summed E-state index contributed by atoms with van der Waals surface area (Å²) in [6.45, 7) is 10.7. The van der Waals surface area contributed by atoms with Gasteiger partial charge in [-0.3, -0.25) is 5.01 Å². The zero-order chi connectivity index (χ0) is 10.3. The Morgan fingerprint density at radius 1 is 1.38 bits per heavy atom. The van der Waals surface area contributed by atoms with Crippen LogP contribution in [0, 0.1) is 0 Å². The molecule has 0 fully saturated rings. The van der Waals surface area contributed by atoms with E-state index in [9.17, 15) is 0 Å². The molecule has 0 aromatic carbocycles. The van der Waals surface area contributed by atoms with Crippen molar-refractivity contribution in [3.63, 3.8) is 0 Å². The van der Waals surface area contributed by atoms with Crippen LogP contribution in [-0.4, -0.2) is 17.3 Å². The Balaban J connectivity index is 4.34. The lowest BCUT2D eigenvalue weighted by molar-refractivity contribution is 0.325. The van der Waals surface area contributed by atoms with Gasteiger partial charge < -0.3 is 0 Å². The molecule has 0 heterocycles. The summed E-state index contributed by atoms with van der Waals surface area (Å²) in [5.41, 5.74) is 1.36. The summed E-state index contributed by atoms with van der Waals surface area (Å²) < 4.78 is 0. The zero-order valence-electron chi connectivity index (χ0n) is 9.54. The first-order valence-corrected chi connectivity index (χ1v) is 5.09. The average Bonchev–Trinajstić information content (AvgIpc) is 2.11. The first kappa shape index (κ1) is 12.2. The van der Waals surface area contributed by atoms with Gasteiger partial charge in [0.25, 0.3) is 0 Å². The predicted octanol–water partition coefficient (Wildman–Crippen LogP) is 3.41. The SMILES string of the molecule is CC/C=N/N(/C=C(\C)CC)C(C)C. The number of nitrogens with zero attached hydrogens (tertiary/aromatic N) is 2. The lowest BCUT2D eigenvalue weighted by atomic mass is 10.2. The topological polar surface area (TPSA) is 15.6 Å². The Labute approximate surface area is 82.3 Å². The minimum absolute atomic E-state index is 0.435. The van der Waals surface area contributed by atoms with Gasteiger partial charge in [0.15, 0.2) is 0 Å². The molecule has 0 bridgehead atoms. The van der Waals surface area contributed by atoms with E-state index in [1.54, 1.807) is 0 Å². The number of hydrazone groups is 1. The quantitative estimate of drug-likeness (QED) is 0.470. The molecular formula is C11H22N2. The molecule has 0 aromatic rings. The van der Waals surface area contributed by atoms with E-state index in [-0.39, 0.29) is 0 Å². The Morgan fingerprint density at radius 2 is 2.00 bits per heavy atom. The average molecular weight is 182 g/mol. The van der Waals surface area contributed by atoms with Gasteiger partial charge in [0.2, 0.25) is 0 Å². The summed E-state index contributed by atoms with van der Waals surface area (Å²) in [7, 11) is 0. The first-order valence-electron chi connectivity index (χ1n) is 5.09. The molecule has 76 valence electrons. The predicted molar refractivity (Wildman–Crippen MR) is 59.8 cm³/mol. The van der Waals surface area contributed by atoms with Crippen molar-refractivity contribution in [3.05, 3.63) is 11.8 Å². The summed E-state index contributed by atoms with van der Waals surface area (Å²) in [6.07, 6.45) is 6.14. The van der Waals surface area contributed by atoms with Crippen LogP contribution in [0.4, 0.5) is 0 Å². The second-order valence-corrected chi connectivity index (χ2v) is 3.51. The molecule has 0 aliphatic rings. The Morgan fingerprint density at radius 3 is 2.38 bits per heavy atom. The van der Waals surface area contributed by atoms with Gasteiger partial charge in [0.1, 0.15) is 0 Å². The molecule has 0 unspecified atom stereocenters. The normalized spacial score (nSPS) is 12.9. The number of rotatable bonds is 5. The maximum Gasteiger partial charge on any atom is 0.0462 e. The third-order valence-electron chi connectivity index (χ3n) is 1.84. The van der Waals surface area contributed by atoms with Crippen molar-refractivity contribution >= 4 is 6.21 Å². The van der Waals surface area contributed by atoms with E-state index in [0.717, 1.165) is 12.8 Å². The fraction of sp³-hybridized carbons (Fsp3) is 0.727. The first-order chi connectivity index (χ1) is 6.11. The van der Waals surface area contributed by atoms with Crippen LogP contribution >= 0.6 is 0 Å². The summed E-state index contributed by atoms with van der Waals surface area (Å²) >= 11 is 0. The standard InChI is InChI=1S/C11H22N2/c1-6-8-12-13(10(3)4)9-11(5)7-2/h8-10H,6-7H2,1-5H3/b11-9+,12-8+.